The number of nitrogens with zero attached hydrogens (tertiary/aromatic N) is 2. The van der Waals surface area contributed by atoms with E-state index in [9.17, 15) is 4.79 Å². The van der Waals surface area contributed by atoms with E-state index in [1.165, 1.54) is 0 Å². The van der Waals surface area contributed by atoms with Crippen LogP contribution in [0.3, 0.4) is 0 Å². The number of hydrogen-bond donors (Lipinski definition) is 2. The van der Waals surface area contributed by atoms with Gasteiger partial charge in [0, 0.05) is 6.54 Å². The Morgan fingerprint density at radius 3 is 2.75 bits per heavy atom. The van der Waals surface area contributed by atoms with Gasteiger partial charge in [-0.2, -0.15) is 0 Å². The number of rotatable bonds is 4. The zero-order valence-corrected chi connectivity index (χ0v) is 12.6. The lowest BCUT2D eigenvalue weighted by Crippen LogP contribution is -2.40. The van der Waals surface area contributed by atoms with E-state index in [-0.39, 0.29) is 16.1 Å². The maximum Gasteiger partial charge on any atom is 0.356 e. The third kappa shape index (κ3) is 3.61. The van der Waals surface area contributed by atoms with Gasteiger partial charge in [-0.1, -0.05) is 18.5 Å². The first kappa shape index (κ1) is 15.1. The number of likely N-dealkylation sites (tertiary alicyclic amines) is 1. The molecule has 0 amide bonds. The fraction of sp³-hybridized carbons (Fsp3) is 0.571. The summed E-state index contributed by atoms with van der Waals surface area (Å²) in [6, 6.07) is 3.28. The highest BCUT2D eigenvalue weighted by Crippen LogP contribution is 2.30. The molecular formula is C14H20ClN3O2. The molecule has 0 atom stereocenters. The summed E-state index contributed by atoms with van der Waals surface area (Å²) in [5.41, 5.74) is 0.113. The molecule has 0 bridgehead atoms. The van der Waals surface area contributed by atoms with E-state index in [1.807, 2.05) is 0 Å². The van der Waals surface area contributed by atoms with E-state index in [1.54, 1.807) is 12.1 Å². The summed E-state index contributed by atoms with van der Waals surface area (Å²) in [6.45, 7) is 5.22. The molecule has 1 aliphatic rings. The highest BCUT2D eigenvalue weighted by Gasteiger charge is 2.28. The molecule has 0 radical (unpaired) electrons. The van der Waals surface area contributed by atoms with Crippen LogP contribution in [0.5, 0.6) is 0 Å². The van der Waals surface area contributed by atoms with Crippen LogP contribution in [0.4, 0.5) is 5.82 Å². The van der Waals surface area contributed by atoms with Crippen molar-refractivity contribution in [2.75, 3.05) is 32.0 Å². The van der Waals surface area contributed by atoms with Gasteiger partial charge in [0.2, 0.25) is 0 Å². The van der Waals surface area contributed by atoms with Gasteiger partial charge in [-0.25, -0.2) is 9.78 Å². The Kier molecular flexibility index (Phi) is 4.50. The van der Waals surface area contributed by atoms with E-state index >= 15 is 0 Å². The fourth-order valence-corrected chi connectivity index (χ4v) is 2.52. The summed E-state index contributed by atoms with van der Waals surface area (Å²) in [7, 11) is 2.13. The van der Waals surface area contributed by atoms with Crippen LogP contribution in [0, 0.1) is 5.41 Å². The minimum atomic E-state index is -1.11. The van der Waals surface area contributed by atoms with Gasteiger partial charge in [0.1, 0.15) is 5.82 Å². The Morgan fingerprint density at radius 1 is 1.50 bits per heavy atom. The molecular weight excluding hydrogens is 278 g/mol. The van der Waals surface area contributed by atoms with E-state index in [2.05, 4.69) is 29.2 Å². The summed E-state index contributed by atoms with van der Waals surface area (Å²) >= 11 is 5.81. The molecule has 5 nitrogen and oxygen atoms in total. The average molecular weight is 298 g/mol. The van der Waals surface area contributed by atoms with E-state index in [0.717, 1.165) is 32.5 Å². The minimum absolute atomic E-state index is 0.106. The van der Waals surface area contributed by atoms with E-state index < -0.39 is 5.97 Å². The quantitative estimate of drug-likeness (QED) is 0.894. The number of piperidine rings is 1. The van der Waals surface area contributed by atoms with Crippen molar-refractivity contribution in [3.8, 4) is 0 Å². The van der Waals surface area contributed by atoms with Crippen molar-refractivity contribution in [2.45, 2.75) is 19.8 Å². The Hall–Kier alpha value is -1.33. The number of aromatic carboxylic acids is 1. The number of carboxylic acid groups (broad SMARTS) is 1. The van der Waals surface area contributed by atoms with Crippen LogP contribution in [-0.4, -0.2) is 47.6 Å². The molecule has 2 heterocycles. The molecule has 0 saturated carbocycles. The van der Waals surface area contributed by atoms with Crippen LogP contribution in [-0.2, 0) is 0 Å². The second-order valence-electron chi connectivity index (χ2n) is 5.80. The fourth-order valence-electron chi connectivity index (χ4n) is 2.33. The Bertz CT molecular complexity index is 499. The molecule has 0 aromatic carbocycles. The van der Waals surface area contributed by atoms with Gasteiger partial charge in [0.15, 0.2) is 5.69 Å². The zero-order valence-electron chi connectivity index (χ0n) is 11.8. The lowest BCUT2D eigenvalue weighted by molar-refractivity contribution is 0.0691. The third-order valence-corrected chi connectivity index (χ3v) is 4.24. The molecule has 1 saturated heterocycles. The normalized spacial score (nSPS) is 18.8. The number of aromatic nitrogens is 1. The SMILES string of the molecule is CN1CCC(C)(CNc2ccc(Cl)c(C(=O)O)n2)CC1. The molecule has 2 rings (SSSR count). The van der Waals surface area contributed by atoms with Crippen LogP contribution in [0.1, 0.15) is 30.3 Å². The largest absolute Gasteiger partial charge is 0.476 e. The second-order valence-corrected chi connectivity index (χ2v) is 6.21. The predicted octanol–water partition coefficient (Wildman–Crippen LogP) is 2.58. The monoisotopic (exact) mass is 297 g/mol. The summed E-state index contributed by atoms with van der Waals surface area (Å²) in [5.74, 6) is -0.545. The summed E-state index contributed by atoms with van der Waals surface area (Å²) in [5, 5.41) is 12.4. The van der Waals surface area contributed by atoms with Gasteiger partial charge in [0.25, 0.3) is 0 Å². The highest BCUT2D eigenvalue weighted by molar-refractivity contribution is 6.33. The molecule has 110 valence electrons. The molecule has 2 N–H and O–H groups in total. The summed E-state index contributed by atoms with van der Waals surface area (Å²) in [6.07, 6.45) is 2.24. The lowest BCUT2D eigenvalue weighted by atomic mass is 9.80. The maximum atomic E-state index is 11.0. The van der Waals surface area contributed by atoms with Crippen molar-refractivity contribution in [3.05, 3.63) is 22.8 Å². The molecule has 1 fully saturated rings. The van der Waals surface area contributed by atoms with Crippen molar-refractivity contribution < 1.29 is 9.90 Å². The Balaban J connectivity index is 2.00. The first-order chi connectivity index (χ1) is 9.39. The number of halogens is 1. The Labute approximate surface area is 123 Å². The summed E-state index contributed by atoms with van der Waals surface area (Å²) < 4.78 is 0. The van der Waals surface area contributed by atoms with Crippen LogP contribution >= 0.6 is 11.6 Å². The standard InChI is InChI=1S/C14H20ClN3O2/c1-14(5-7-18(2)8-6-14)9-16-11-4-3-10(15)12(17-11)13(19)20/h3-4H,5-9H2,1-2H3,(H,16,17)(H,19,20). The van der Waals surface area contributed by atoms with Crippen LogP contribution in [0.2, 0.25) is 5.02 Å². The number of carbonyl (C=O) groups is 1. The molecule has 20 heavy (non-hydrogen) atoms. The molecule has 6 heteroatoms. The van der Waals surface area contributed by atoms with Gasteiger partial charge in [-0.15, -0.1) is 0 Å². The number of anilines is 1. The molecule has 1 aromatic rings. The van der Waals surface area contributed by atoms with Gasteiger partial charge in [0.05, 0.1) is 5.02 Å². The van der Waals surface area contributed by atoms with E-state index in [4.69, 9.17) is 16.7 Å². The topological polar surface area (TPSA) is 65.5 Å². The maximum absolute atomic E-state index is 11.0. The van der Waals surface area contributed by atoms with Crippen molar-refractivity contribution >= 4 is 23.4 Å². The van der Waals surface area contributed by atoms with Gasteiger partial charge in [-0.05, 0) is 50.5 Å². The van der Waals surface area contributed by atoms with Gasteiger partial charge in [-0.3, -0.25) is 0 Å². The first-order valence-corrected chi connectivity index (χ1v) is 7.10. The lowest BCUT2D eigenvalue weighted by Gasteiger charge is -2.38. The number of nitrogens with one attached hydrogen (secondary N) is 1. The average Bonchev–Trinajstić information content (AvgIpc) is 2.41. The van der Waals surface area contributed by atoms with Crippen molar-refractivity contribution in [1.82, 2.24) is 9.88 Å². The highest BCUT2D eigenvalue weighted by atomic mass is 35.5. The smallest absolute Gasteiger partial charge is 0.356 e. The third-order valence-electron chi connectivity index (χ3n) is 3.94. The molecule has 1 aromatic heterocycles. The van der Waals surface area contributed by atoms with Crippen LogP contribution in [0.25, 0.3) is 0 Å². The van der Waals surface area contributed by atoms with Crippen LogP contribution in [0.15, 0.2) is 12.1 Å². The molecule has 0 spiro atoms. The van der Waals surface area contributed by atoms with Crippen LogP contribution < -0.4 is 5.32 Å². The summed E-state index contributed by atoms with van der Waals surface area (Å²) in [4.78, 5) is 17.4. The minimum Gasteiger partial charge on any atom is -0.476 e. The zero-order chi connectivity index (χ0) is 14.8. The number of hydrogen-bond acceptors (Lipinski definition) is 4. The van der Waals surface area contributed by atoms with Crippen molar-refractivity contribution in [3.63, 3.8) is 0 Å². The molecule has 0 unspecified atom stereocenters. The number of carboxylic acids is 1. The number of pyridine rings is 1. The van der Waals surface area contributed by atoms with Crippen molar-refractivity contribution in [2.24, 2.45) is 5.41 Å². The second kappa shape index (κ2) is 5.97. The predicted molar refractivity (Wildman–Crippen MR) is 79.5 cm³/mol. The van der Waals surface area contributed by atoms with E-state index in [0.29, 0.717) is 5.82 Å². The first-order valence-electron chi connectivity index (χ1n) is 6.72. The Morgan fingerprint density at radius 2 is 2.15 bits per heavy atom. The van der Waals surface area contributed by atoms with Gasteiger partial charge >= 0.3 is 5.97 Å². The molecule has 0 aliphatic carbocycles. The van der Waals surface area contributed by atoms with Gasteiger partial charge < -0.3 is 15.3 Å². The van der Waals surface area contributed by atoms with Crippen molar-refractivity contribution in [1.29, 1.82) is 0 Å². The molecule has 1 aliphatic heterocycles.